The first kappa shape index (κ1) is 10.4. The molecule has 0 aliphatic heterocycles. The van der Waals surface area contributed by atoms with Gasteiger partial charge in [0.05, 0.1) is 19.9 Å². The zero-order valence-electron chi connectivity index (χ0n) is 8.44. The Balaban J connectivity index is 3.14. The van der Waals surface area contributed by atoms with Gasteiger partial charge in [-0.3, -0.25) is 0 Å². The summed E-state index contributed by atoms with van der Waals surface area (Å²) in [7, 11) is 3.14. The van der Waals surface area contributed by atoms with Crippen LogP contribution < -0.4 is 9.47 Å². The summed E-state index contributed by atoms with van der Waals surface area (Å²) in [5, 5.41) is 11.7. The predicted octanol–water partition coefficient (Wildman–Crippen LogP) is 1.90. The van der Waals surface area contributed by atoms with Gasteiger partial charge in [-0.15, -0.1) is 0 Å². The van der Waals surface area contributed by atoms with Gasteiger partial charge in [0.15, 0.2) is 11.5 Å². The van der Waals surface area contributed by atoms with Crippen molar-refractivity contribution in [1.29, 1.82) is 0 Å². The fraction of sp³-hybridized carbons (Fsp3) is 0.300. The Bertz CT molecular complexity index is 347. The van der Waals surface area contributed by atoms with Crippen LogP contribution in [0.4, 0.5) is 0 Å². The second kappa shape index (κ2) is 4.50. The van der Waals surface area contributed by atoms with Crippen LogP contribution in [-0.2, 0) is 0 Å². The molecule has 0 bridgehead atoms. The molecular weight excluding hydrogens is 182 g/mol. The largest absolute Gasteiger partial charge is 0.493 e. The summed E-state index contributed by atoms with van der Waals surface area (Å²) in [5.41, 5.74) is 1.33. The molecule has 0 saturated carbocycles. The van der Waals surface area contributed by atoms with Gasteiger partial charge in [-0.05, 0) is 25.1 Å². The lowest BCUT2D eigenvalue weighted by Crippen LogP contribution is -1.97. The Morgan fingerprint density at radius 3 is 2.36 bits per heavy atom. The zero-order chi connectivity index (χ0) is 10.6. The van der Waals surface area contributed by atoms with E-state index in [0.29, 0.717) is 17.2 Å². The van der Waals surface area contributed by atoms with Gasteiger partial charge in [0.1, 0.15) is 0 Å². The maximum Gasteiger partial charge on any atom is 0.161 e. The van der Waals surface area contributed by atoms with E-state index >= 15 is 0 Å². The molecule has 0 heterocycles. The van der Waals surface area contributed by atoms with Crippen molar-refractivity contribution in [3.8, 4) is 11.5 Å². The highest BCUT2D eigenvalue weighted by molar-refractivity contribution is 5.98. The average Bonchev–Trinajstić information content (AvgIpc) is 2.26. The molecule has 1 rings (SSSR count). The summed E-state index contributed by atoms with van der Waals surface area (Å²) in [6.45, 7) is 1.71. The van der Waals surface area contributed by atoms with Crippen LogP contribution in [-0.4, -0.2) is 25.1 Å². The molecule has 0 atom stereocenters. The van der Waals surface area contributed by atoms with Crippen LogP contribution in [0.5, 0.6) is 11.5 Å². The number of ether oxygens (including phenoxy) is 2. The molecule has 0 aromatic heterocycles. The van der Waals surface area contributed by atoms with Crippen molar-refractivity contribution >= 4 is 5.71 Å². The van der Waals surface area contributed by atoms with E-state index in [1.54, 1.807) is 39.3 Å². The number of hydrogen-bond acceptors (Lipinski definition) is 4. The lowest BCUT2D eigenvalue weighted by Gasteiger charge is -2.08. The molecule has 0 radical (unpaired) electrons. The standard InChI is InChI=1S/C10H13NO3/c1-7(11-12)8-4-5-9(13-2)10(6-8)14-3/h4-6,12H,1-3H3. The lowest BCUT2D eigenvalue weighted by atomic mass is 10.1. The normalized spacial score (nSPS) is 11.2. The summed E-state index contributed by atoms with van der Waals surface area (Å²) in [6, 6.07) is 5.33. The molecule has 0 saturated heterocycles. The van der Waals surface area contributed by atoms with Crippen molar-refractivity contribution in [2.45, 2.75) is 6.92 Å². The Morgan fingerprint density at radius 1 is 1.21 bits per heavy atom. The van der Waals surface area contributed by atoms with Gasteiger partial charge in [-0.1, -0.05) is 5.16 Å². The second-order valence-corrected chi connectivity index (χ2v) is 2.76. The molecule has 0 fully saturated rings. The van der Waals surface area contributed by atoms with Gasteiger partial charge >= 0.3 is 0 Å². The topological polar surface area (TPSA) is 51.0 Å². The molecule has 4 nitrogen and oxygen atoms in total. The molecule has 0 aliphatic carbocycles. The maximum absolute atomic E-state index is 8.59. The molecule has 1 aromatic rings. The summed E-state index contributed by atoms with van der Waals surface area (Å²) in [4.78, 5) is 0. The van der Waals surface area contributed by atoms with E-state index in [-0.39, 0.29) is 0 Å². The van der Waals surface area contributed by atoms with E-state index in [0.717, 1.165) is 5.56 Å². The Morgan fingerprint density at radius 2 is 1.86 bits per heavy atom. The van der Waals surface area contributed by atoms with E-state index in [4.69, 9.17) is 14.7 Å². The highest BCUT2D eigenvalue weighted by atomic mass is 16.5. The molecule has 76 valence electrons. The van der Waals surface area contributed by atoms with Crippen LogP contribution in [0.25, 0.3) is 0 Å². The molecule has 0 unspecified atom stereocenters. The number of benzene rings is 1. The van der Waals surface area contributed by atoms with Crippen molar-refractivity contribution in [2.24, 2.45) is 5.16 Å². The summed E-state index contributed by atoms with van der Waals surface area (Å²) in [5.74, 6) is 1.27. The third kappa shape index (κ3) is 1.96. The maximum atomic E-state index is 8.59. The molecule has 0 spiro atoms. The monoisotopic (exact) mass is 195 g/mol. The fourth-order valence-corrected chi connectivity index (χ4v) is 1.12. The third-order valence-corrected chi connectivity index (χ3v) is 1.95. The van der Waals surface area contributed by atoms with Crippen LogP contribution in [0.2, 0.25) is 0 Å². The third-order valence-electron chi connectivity index (χ3n) is 1.95. The minimum Gasteiger partial charge on any atom is -0.493 e. The fourth-order valence-electron chi connectivity index (χ4n) is 1.12. The number of rotatable bonds is 3. The molecule has 4 heteroatoms. The molecule has 0 amide bonds. The van der Waals surface area contributed by atoms with Gasteiger partial charge in [-0.2, -0.15) is 0 Å². The number of oxime groups is 1. The number of hydrogen-bond donors (Lipinski definition) is 1. The second-order valence-electron chi connectivity index (χ2n) is 2.76. The van der Waals surface area contributed by atoms with Crippen molar-refractivity contribution < 1.29 is 14.7 Å². The van der Waals surface area contributed by atoms with Crippen molar-refractivity contribution in [2.75, 3.05) is 14.2 Å². The van der Waals surface area contributed by atoms with Gasteiger partial charge in [-0.25, -0.2) is 0 Å². The van der Waals surface area contributed by atoms with Gasteiger partial charge in [0.2, 0.25) is 0 Å². The summed E-state index contributed by atoms with van der Waals surface area (Å²) in [6.07, 6.45) is 0. The zero-order valence-corrected chi connectivity index (χ0v) is 8.44. The lowest BCUT2D eigenvalue weighted by molar-refractivity contribution is 0.319. The van der Waals surface area contributed by atoms with Crippen molar-refractivity contribution in [1.82, 2.24) is 0 Å². The van der Waals surface area contributed by atoms with Gasteiger partial charge in [0, 0.05) is 5.56 Å². The molecular formula is C10H13NO3. The quantitative estimate of drug-likeness (QED) is 0.455. The van der Waals surface area contributed by atoms with E-state index in [1.165, 1.54) is 0 Å². The van der Waals surface area contributed by atoms with E-state index in [1.807, 2.05) is 0 Å². The van der Waals surface area contributed by atoms with Crippen LogP contribution in [0.15, 0.2) is 23.4 Å². The average molecular weight is 195 g/mol. The van der Waals surface area contributed by atoms with Crippen molar-refractivity contribution in [3.05, 3.63) is 23.8 Å². The summed E-state index contributed by atoms with van der Waals surface area (Å²) >= 11 is 0. The van der Waals surface area contributed by atoms with E-state index in [2.05, 4.69) is 5.16 Å². The van der Waals surface area contributed by atoms with Crippen LogP contribution in [0.1, 0.15) is 12.5 Å². The Kier molecular flexibility index (Phi) is 3.34. The van der Waals surface area contributed by atoms with Gasteiger partial charge < -0.3 is 14.7 Å². The smallest absolute Gasteiger partial charge is 0.161 e. The highest BCUT2D eigenvalue weighted by Crippen LogP contribution is 2.27. The van der Waals surface area contributed by atoms with Crippen LogP contribution in [0.3, 0.4) is 0 Å². The summed E-state index contributed by atoms with van der Waals surface area (Å²) < 4.78 is 10.2. The highest BCUT2D eigenvalue weighted by Gasteiger charge is 2.05. The first-order chi connectivity index (χ1) is 6.72. The van der Waals surface area contributed by atoms with E-state index in [9.17, 15) is 0 Å². The Labute approximate surface area is 82.8 Å². The van der Waals surface area contributed by atoms with Crippen LogP contribution in [0, 0.1) is 0 Å². The molecule has 1 aromatic carbocycles. The van der Waals surface area contributed by atoms with Crippen LogP contribution >= 0.6 is 0 Å². The Hall–Kier alpha value is -1.71. The first-order valence-electron chi connectivity index (χ1n) is 4.14. The number of nitrogens with zero attached hydrogens (tertiary/aromatic N) is 1. The number of methoxy groups -OCH3 is 2. The SMILES string of the molecule is COc1ccc(C(C)=NO)cc1OC. The molecule has 1 N–H and O–H groups in total. The van der Waals surface area contributed by atoms with E-state index < -0.39 is 0 Å². The predicted molar refractivity (Wildman–Crippen MR) is 53.5 cm³/mol. The first-order valence-corrected chi connectivity index (χ1v) is 4.14. The van der Waals surface area contributed by atoms with Gasteiger partial charge in [0.25, 0.3) is 0 Å². The minimum atomic E-state index is 0.533. The molecule has 0 aliphatic rings. The van der Waals surface area contributed by atoms with Crippen molar-refractivity contribution in [3.63, 3.8) is 0 Å². The molecule has 14 heavy (non-hydrogen) atoms. The minimum absolute atomic E-state index is 0.533.